The van der Waals surface area contributed by atoms with Crippen LogP contribution in [-0.4, -0.2) is 71.1 Å². The lowest BCUT2D eigenvalue weighted by atomic mass is 9.69. The van der Waals surface area contributed by atoms with E-state index >= 15 is 0 Å². The third-order valence-electron chi connectivity index (χ3n) is 7.76. The average molecular weight is 380 g/mol. The fourth-order valence-corrected chi connectivity index (χ4v) is 5.06. The van der Waals surface area contributed by atoms with E-state index in [0.29, 0.717) is 22.5 Å². The van der Waals surface area contributed by atoms with E-state index < -0.39 is 0 Å². The molecule has 1 atom stereocenters. The van der Waals surface area contributed by atoms with Crippen molar-refractivity contribution >= 4 is 0 Å². The van der Waals surface area contributed by atoms with E-state index in [9.17, 15) is 0 Å². The van der Waals surface area contributed by atoms with Gasteiger partial charge in [0.15, 0.2) is 0 Å². The van der Waals surface area contributed by atoms with Crippen molar-refractivity contribution in [2.75, 3.05) is 39.3 Å². The lowest BCUT2D eigenvalue weighted by Gasteiger charge is -2.49. The molecule has 2 saturated heterocycles. The highest BCUT2D eigenvalue weighted by atomic mass is 15.3. The largest absolute Gasteiger partial charge is 0.298 e. The van der Waals surface area contributed by atoms with E-state index in [1.807, 2.05) is 0 Å². The van der Waals surface area contributed by atoms with Crippen molar-refractivity contribution in [1.82, 2.24) is 14.7 Å². The summed E-state index contributed by atoms with van der Waals surface area (Å²) in [5, 5.41) is 0. The van der Waals surface area contributed by atoms with Gasteiger partial charge in [-0.1, -0.05) is 13.8 Å². The maximum atomic E-state index is 2.75. The average Bonchev–Trinajstić information content (AvgIpc) is 2.60. The molecular formula is C24H49N3. The summed E-state index contributed by atoms with van der Waals surface area (Å²) in [5.74, 6) is 0.832. The quantitative estimate of drug-likeness (QED) is 0.635. The van der Waals surface area contributed by atoms with Crippen LogP contribution in [0.4, 0.5) is 0 Å². The standard InChI is InChI=1S/C24H49N3/c1-20(2)25-15-17-26(18-16-25)24(8,9)13-12-23(6,7)21-11-10-14-27(19-21)22(3,4)5/h20-21H,10-19H2,1-9H3/t21-/m1/s1. The van der Waals surface area contributed by atoms with Gasteiger partial charge in [0.25, 0.3) is 0 Å². The first-order valence-corrected chi connectivity index (χ1v) is 11.6. The number of hydrogen-bond acceptors (Lipinski definition) is 3. The Bertz CT molecular complexity index is 453. The van der Waals surface area contributed by atoms with Gasteiger partial charge in [0, 0.05) is 49.8 Å². The summed E-state index contributed by atoms with van der Waals surface area (Å²) in [5.41, 5.74) is 1.06. The Balaban J connectivity index is 1.89. The van der Waals surface area contributed by atoms with E-state index in [4.69, 9.17) is 0 Å². The molecule has 0 saturated carbocycles. The summed E-state index contributed by atoms with van der Waals surface area (Å²) in [6, 6.07) is 0.686. The second-order valence-electron chi connectivity index (χ2n) is 11.9. The van der Waals surface area contributed by atoms with E-state index in [-0.39, 0.29) is 0 Å². The van der Waals surface area contributed by atoms with Crippen molar-refractivity contribution in [3.8, 4) is 0 Å². The van der Waals surface area contributed by atoms with Crippen LogP contribution < -0.4 is 0 Å². The zero-order chi connectivity index (χ0) is 20.5. The minimum Gasteiger partial charge on any atom is -0.298 e. The normalized spacial score (nSPS) is 25.3. The van der Waals surface area contributed by atoms with Gasteiger partial charge in [-0.15, -0.1) is 0 Å². The summed E-state index contributed by atoms with van der Waals surface area (Å²) >= 11 is 0. The Kier molecular flexibility index (Phi) is 7.47. The molecule has 0 unspecified atom stereocenters. The number of rotatable bonds is 6. The van der Waals surface area contributed by atoms with E-state index in [1.54, 1.807) is 0 Å². The van der Waals surface area contributed by atoms with E-state index in [0.717, 1.165) is 5.92 Å². The van der Waals surface area contributed by atoms with Crippen molar-refractivity contribution in [2.24, 2.45) is 11.3 Å². The Morgan fingerprint density at radius 1 is 0.778 bits per heavy atom. The molecule has 27 heavy (non-hydrogen) atoms. The third kappa shape index (κ3) is 6.18. The van der Waals surface area contributed by atoms with Crippen LogP contribution in [0.2, 0.25) is 0 Å². The fourth-order valence-electron chi connectivity index (χ4n) is 5.06. The summed E-state index contributed by atoms with van der Waals surface area (Å²) < 4.78 is 0. The van der Waals surface area contributed by atoms with Gasteiger partial charge in [0.05, 0.1) is 0 Å². The molecule has 0 amide bonds. The van der Waals surface area contributed by atoms with Crippen molar-refractivity contribution in [1.29, 1.82) is 0 Å². The molecule has 3 nitrogen and oxygen atoms in total. The van der Waals surface area contributed by atoms with Gasteiger partial charge >= 0.3 is 0 Å². The molecular weight excluding hydrogens is 330 g/mol. The van der Waals surface area contributed by atoms with Crippen LogP contribution in [0.5, 0.6) is 0 Å². The minimum absolute atomic E-state index is 0.310. The molecule has 0 spiro atoms. The molecule has 0 aromatic carbocycles. The lowest BCUT2D eigenvalue weighted by Crippen LogP contribution is -2.56. The predicted molar refractivity (Wildman–Crippen MR) is 119 cm³/mol. The summed E-state index contributed by atoms with van der Waals surface area (Å²) in [7, 11) is 0. The van der Waals surface area contributed by atoms with Crippen molar-refractivity contribution in [3.63, 3.8) is 0 Å². The molecule has 0 aromatic heterocycles. The number of nitrogens with zero attached hydrogens (tertiary/aromatic N) is 3. The highest BCUT2D eigenvalue weighted by Gasteiger charge is 2.38. The van der Waals surface area contributed by atoms with Crippen LogP contribution >= 0.6 is 0 Å². The molecule has 2 rings (SSSR count). The van der Waals surface area contributed by atoms with E-state index in [1.165, 1.54) is 65.0 Å². The van der Waals surface area contributed by atoms with Gasteiger partial charge in [-0.25, -0.2) is 0 Å². The molecule has 2 aliphatic heterocycles. The molecule has 0 N–H and O–H groups in total. The van der Waals surface area contributed by atoms with Crippen molar-refractivity contribution in [2.45, 2.75) is 105 Å². The summed E-state index contributed by atoms with van der Waals surface area (Å²) in [4.78, 5) is 8.10. The van der Waals surface area contributed by atoms with Gasteiger partial charge < -0.3 is 0 Å². The molecule has 3 heteroatoms. The second-order valence-corrected chi connectivity index (χ2v) is 11.9. The number of piperidine rings is 1. The maximum Gasteiger partial charge on any atom is 0.0154 e. The monoisotopic (exact) mass is 379 g/mol. The number of piperazine rings is 1. The van der Waals surface area contributed by atoms with Crippen LogP contribution in [0.3, 0.4) is 0 Å². The SMILES string of the molecule is CC(C)N1CCN(C(C)(C)CCC(C)(C)[C@@H]2CCCN(C(C)(C)C)C2)CC1. The topological polar surface area (TPSA) is 9.72 Å². The zero-order valence-electron chi connectivity index (χ0n) is 20.1. The molecule has 0 aliphatic carbocycles. The predicted octanol–water partition coefficient (Wildman–Crippen LogP) is 5.11. The zero-order valence-corrected chi connectivity index (χ0v) is 20.1. The molecule has 0 aromatic rings. The van der Waals surface area contributed by atoms with Gasteiger partial charge in [-0.2, -0.15) is 0 Å². The van der Waals surface area contributed by atoms with Gasteiger partial charge in [-0.3, -0.25) is 14.7 Å². The van der Waals surface area contributed by atoms with Crippen molar-refractivity contribution in [3.05, 3.63) is 0 Å². The highest BCUT2D eigenvalue weighted by molar-refractivity contribution is 4.92. The molecule has 160 valence electrons. The van der Waals surface area contributed by atoms with Gasteiger partial charge in [-0.05, 0) is 92.0 Å². The summed E-state index contributed by atoms with van der Waals surface area (Å²) in [6.07, 6.45) is 5.43. The van der Waals surface area contributed by atoms with Gasteiger partial charge in [0.2, 0.25) is 0 Å². The fraction of sp³-hybridized carbons (Fsp3) is 1.00. The minimum atomic E-state index is 0.310. The van der Waals surface area contributed by atoms with Gasteiger partial charge in [0.1, 0.15) is 0 Å². The van der Waals surface area contributed by atoms with Crippen LogP contribution in [0.15, 0.2) is 0 Å². The Morgan fingerprint density at radius 2 is 1.37 bits per heavy atom. The first-order valence-electron chi connectivity index (χ1n) is 11.6. The Morgan fingerprint density at radius 3 is 1.89 bits per heavy atom. The third-order valence-corrected chi connectivity index (χ3v) is 7.76. The van der Waals surface area contributed by atoms with Crippen LogP contribution in [-0.2, 0) is 0 Å². The molecule has 2 heterocycles. The smallest absolute Gasteiger partial charge is 0.0154 e. The van der Waals surface area contributed by atoms with Crippen LogP contribution in [0.25, 0.3) is 0 Å². The molecule has 0 radical (unpaired) electrons. The molecule has 2 fully saturated rings. The van der Waals surface area contributed by atoms with Crippen LogP contribution in [0, 0.1) is 11.3 Å². The maximum absolute atomic E-state index is 2.75. The molecule has 2 aliphatic rings. The van der Waals surface area contributed by atoms with Crippen molar-refractivity contribution < 1.29 is 0 Å². The Labute approximate surface area is 170 Å². The Hall–Kier alpha value is -0.120. The van der Waals surface area contributed by atoms with E-state index in [2.05, 4.69) is 77.0 Å². The number of likely N-dealkylation sites (tertiary alicyclic amines) is 1. The summed E-state index contributed by atoms with van der Waals surface area (Å²) in [6.45, 7) is 29.3. The first kappa shape index (κ1) is 23.2. The highest BCUT2D eigenvalue weighted by Crippen LogP contribution is 2.41. The number of hydrogen-bond donors (Lipinski definition) is 0. The lowest BCUT2D eigenvalue weighted by molar-refractivity contribution is 0.00640. The van der Waals surface area contributed by atoms with Crippen LogP contribution in [0.1, 0.15) is 88.0 Å². The molecule has 0 bridgehead atoms. The second kappa shape index (κ2) is 8.71. The first-order chi connectivity index (χ1) is 12.3.